The molecule has 1 rings (SSSR count). The second-order valence-electron chi connectivity index (χ2n) is 3.65. The molecule has 0 aliphatic carbocycles. The van der Waals surface area contributed by atoms with Crippen molar-refractivity contribution in [3.8, 4) is 0 Å². The summed E-state index contributed by atoms with van der Waals surface area (Å²) in [6.07, 6.45) is 2.49. The second kappa shape index (κ2) is 5.25. The number of hydrogen-bond donors (Lipinski definition) is 1. The minimum Gasteiger partial charge on any atom is -0.362 e. The SMILES string of the molecule is C=CCC(C)Nc1nc(C)ccc1[N+](=O)[O-]. The molecular formula is C11H15N3O2. The Morgan fingerprint density at radius 1 is 1.69 bits per heavy atom. The standard InChI is InChI=1S/C11H15N3O2/c1-4-5-8(2)12-11-10(14(15)16)7-6-9(3)13-11/h4,6-8H,1,5H2,2-3H3,(H,12,13). The van der Waals surface area contributed by atoms with Gasteiger partial charge in [-0.15, -0.1) is 6.58 Å². The first-order valence-corrected chi connectivity index (χ1v) is 5.04. The van der Waals surface area contributed by atoms with Gasteiger partial charge in [0.1, 0.15) is 0 Å². The van der Waals surface area contributed by atoms with Crippen LogP contribution in [0.2, 0.25) is 0 Å². The van der Waals surface area contributed by atoms with E-state index in [1.165, 1.54) is 6.07 Å². The predicted octanol–water partition coefficient (Wildman–Crippen LogP) is 2.67. The Kier molecular flexibility index (Phi) is 3.99. The quantitative estimate of drug-likeness (QED) is 0.471. The monoisotopic (exact) mass is 221 g/mol. The lowest BCUT2D eigenvalue weighted by Gasteiger charge is -2.12. The van der Waals surface area contributed by atoms with Crippen LogP contribution in [-0.4, -0.2) is 15.9 Å². The van der Waals surface area contributed by atoms with E-state index in [1.54, 1.807) is 19.1 Å². The fourth-order valence-electron chi connectivity index (χ4n) is 1.35. The molecule has 0 aromatic carbocycles. The number of rotatable bonds is 5. The van der Waals surface area contributed by atoms with Crippen molar-refractivity contribution in [1.29, 1.82) is 0 Å². The van der Waals surface area contributed by atoms with Crippen molar-refractivity contribution in [2.45, 2.75) is 26.3 Å². The Labute approximate surface area is 94.4 Å². The van der Waals surface area contributed by atoms with E-state index in [-0.39, 0.29) is 11.7 Å². The molecule has 0 aliphatic rings. The van der Waals surface area contributed by atoms with Gasteiger partial charge in [0.2, 0.25) is 5.82 Å². The molecule has 0 saturated heterocycles. The maximum atomic E-state index is 10.8. The van der Waals surface area contributed by atoms with Crippen LogP contribution in [0.25, 0.3) is 0 Å². The minimum absolute atomic E-state index is 0.00140. The molecule has 0 amide bonds. The van der Waals surface area contributed by atoms with E-state index in [9.17, 15) is 10.1 Å². The lowest BCUT2D eigenvalue weighted by Crippen LogP contribution is -2.16. The molecular weight excluding hydrogens is 206 g/mol. The highest BCUT2D eigenvalue weighted by molar-refractivity contribution is 5.56. The van der Waals surface area contributed by atoms with Gasteiger partial charge in [0.05, 0.1) is 4.92 Å². The van der Waals surface area contributed by atoms with Gasteiger partial charge in [0.25, 0.3) is 0 Å². The molecule has 5 heteroatoms. The molecule has 0 saturated carbocycles. The van der Waals surface area contributed by atoms with Crippen molar-refractivity contribution in [3.63, 3.8) is 0 Å². The van der Waals surface area contributed by atoms with Crippen LogP contribution in [0.5, 0.6) is 0 Å². The third-order valence-corrected chi connectivity index (χ3v) is 2.11. The van der Waals surface area contributed by atoms with E-state index in [0.29, 0.717) is 5.82 Å². The summed E-state index contributed by atoms with van der Waals surface area (Å²) in [5, 5.41) is 13.8. The van der Waals surface area contributed by atoms with Crippen molar-refractivity contribution in [3.05, 3.63) is 40.6 Å². The molecule has 0 bridgehead atoms. The zero-order valence-electron chi connectivity index (χ0n) is 9.43. The number of nitrogens with zero attached hydrogens (tertiary/aromatic N) is 2. The molecule has 1 unspecified atom stereocenters. The van der Waals surface area contributed by atoms with Crippen molar-refractivity contribution >= 4 is 11.5 Å². The zero-order chi connectivity index (χ0) is 12.1. The van der Waals surface area contributed by atoms with Crippen LogP contribution >= 0.6 is 0 Å². The van der Waals surface area contributed by atoms with E-state index >= 15 is 0 Å². The molecule has 0 aliphatic heterocycles. The summed E-state index contributed by atoms with van der Waals surface area (Å²) in [7, 11) is 0. The molecule has 0 fully saturated rings. The molecule has 16 heavy (non-hydrogen) atoms. The number of aryl methyl sites for hydroxylation is 1. The van der Waals surface area contributed by atoms with Crippen LogP contribution in [0.1, 0.15) is 19.0 Å². The van der Waals surface area contributed by atoms with Crippen LogP contribution in [0, 0.1) is 17.0 Å². The lowest BCUT2D eigenvalue weighted by molar-refractivity contribution is -0.384. The number of nitrogens with one attached hydrogen (secondary N) is 1. The summed E-state index contributed by atoms with van der Waals surface area (Å²) in [6.45, 7) is 7.35. The van der Waals surface area contributed by atoms with Gasteiger partial charge in [-0.2, -0.15) is 0 Å². The average Bonchev–Trinajstić information content (AvgIpc) is 2.17. The number of nitro groups is 1. The first-order chi connectivity index (χ1) is 7.54. The molecule has 5 nitrogen and oxygen atoms in total. The molecule has 1 atom stereocenters. The van der Waals surface area contributed by atoms with Crippen molar-refractivity contribution in [2.75, 3.05) is 5.32 Å². The van der Waals surface area contributed by atoms with E-state index in [4.69, 9.17) is 0 Å². The lowest BCUT2D eigenvalue weighted by atomic mass is 10.2. The van der Waals surface area contributed by atoms with Gasteiger partial charge in [-0.1, -0.05) is 6.08 Å². The highest BCUT2D eigenvalue weighted by Crippen LogP contribution is 2.22. The van der Waals surface area contributed by atoms with Gasteiger partial charge >= 0.3 is 5.69 Å². The van der Waals surface area contributed by atoms with E-state index < -0.39 is 4.92 Å². The molecule has 86 valence electrons. The number of aromatic nitrogens is 1. The number of pyridine rings is 1. The van der Waals surface area contributed by atoms with E-state index in [1.807, 2.05) is 6.92 Å². The third kappa shape index (κ3) is 3.05. The van der Waals surface area contributed by atoms with E-state index in [2.05, 4.69) is 16.9 Å². The largest absolute Gasteiger partial charge is 0.362 e. The van der Waals surface area contributed by atoms with Crippen molar-refractivity contribution in [2.24, 2.45) is 0 Å². The molecule has 1 heterocycles. The average molecular weight is 221 g/mol. The molecule has 0 spiro atoms. The van der Waals surface area contributed by atoms with Gasteiger partial charge < -0.3 is 5.32 Å². The highest BCUT2D eigenvalue weighted by Gasteiger charge is 2.16. The maximum Gasteiger partial charge on any atom is 0.311 e. The van der Waals surface area contributed by atoms with Gasteiger partial charge in [-0.25, -0.2) is 4.98 Å². The maximum absolute atomic E-state index is 10.8. The smallest absolute Gasteiger partial charge is 0.311 e. The van der Waals surface area contributed by atoms with Gasteiger partial charge in [0.15, 0.2) is 0 Å². The second-order valence-corrected chi connectivity index (χ2v) is 3.65. The van der Waals surface area contributed by atoms with Crippen LogP contribution in [-0.2, 0) is 0 Å². The van der Waals surface area contributed by atoms with E-state index in [0.717, 1.165) is 12.1 Å². The van der Waals surface area contributed by atoms with Crippen molar-refractivity contribution in [1.82, 2.24) is 4.98 Å². The van der Waals surface area contributed by atoms with Crippen LogP contribution in [0.15, 0.2) is 24.8 Å². The summed E-state index contributed by atoms with van der Waals surface area (Å²) in [4.78, 5) is 14.5. The molecule has 1 aromatic rings. The van der Waals surface area contributed by atoms with Crippen LogP contribution in [0.4, 0.5) is 11.5 Å². The van der Waals surface area contributed by atoms with Gasteiger partial charge in [0, 0.05) is 17.8 Å². The zero-order valence-corrected chi connectivity index (χ0v) is 9.43. The minimum atomic E-state index is -0.435. The summed E-state index contributed by atoms with van der Waals surface area (Å²) in [5.74, 6) is 0.319. The number of hydrogen-bond acceptors (Lipinski definition) is 4. The summed E-state index contributed by atoms with van der Waals surface area (Å²) < 4.78 is 0. The van der Waals surface area contributed by atoms with Crippen LogP contribution < -0.4 is 5.32 Å². The Balaban J connectivity index is 2.96. The summed E-state index contributed by atoms with van der Waals surface area (Å²) in [5.41, 5.74) is 0.750. The number of anilines is 1. The highest BCUT2D eigenvalue weighted by atomic mass is 16.6. The Morgan fingerprint density at radius 2 is 2.38 bits per heavy atom. The fourth-order valence-corrected chi connectivity index (χ4v) is 1.35. The van der Waals surface area contributed by atoms with Gasteiger partial charge in [-0.05, 0) is 26.3 Å². The summed E-state index contributed by atoms with van der Waals surface area (Å²) >= 11 is 0. The predicted molar refractivity (Wildman–Crippen MR) is 63.5 cm³/mol. The van der Waals surface area contributed by atoms with Crippen LogP contribution in [0.3, 0.4) is 0 Å². The normalized spacial score (nSPS) is 11.9. The fraction of sp³-hybridized carbons (Fsp3) is 0.364. The topological polar surface area (TPSA) is 68.1 Å². The Morgan fingerprint density at radius 3 is 2.94 bits per heavy atom. The molecule has 0 radical (unpaired) electrons. The third-order valence-electron chi connectivity index (χ3n) is 2.11. The summed E-state index contributed by atoms with van der Waals surface area (Å²) in [6, 6.07) is 3.16. The molecule has 1 N–H and O–H groups in total. The first kappa shape index (κ1) is 12.2. The Hall–Kier alpha value is -1.91. The van der Waals surface area contributed by atoms with Gasteiger partial charge in [-0.3, -0.25) is 10.1 Å². The van der Waals surface area contributed by atoms with Crippen molar-refractivity contribution < 1.29 is 4.92 Å². The molecule has 1 aromatic heterocycles. The first-order valence-electron chi connectivity index (χ1n) is 5.04. The Bertz CT molecular complexity index is 404.